The highest BCUT2D eigenvalue weighted by atomic mass is 16.5. The molecule has 1 fully saturated rings. The molecule has 0 amide bonds. The number of carbonyl (C=O) groups is 1. The van der Waals surface area contributed by atoms with Gasteiger partial charge >= 0.3 is 5.97 Å². The molecular weight excluding hydrogens is 278 g/mol. The lowest BCUT2D eigenvalue weighted by atomic mass is 10.0. The largest absolute Gasteiger partial charge is 0.497 e. The normalized spacial score (nSPS) is 19.2. The summed E-state index contributed by atoms with van der Waals surface area (Å²) < 4.78 is 5.24. The maximum Gasteiger partial charge on any atom is 0.320 e. The van der Waals surface area contributed by atoms with Crippen molar-refractivity contribution in [2.45, 2.75) is 31.8 Å². The van der Waals surface area contributed by atoms with Crippen molar-refractivity contribution in [3.05, 3.63) is 42.0 Å². The first kappa shape index (κ1) is 14.9. The van der Waals surface area contributed by atoms with Crippen LogP contribution in [0.15, 0.2) is 36.4 Å². The van der Waals surface area contributed by atoms with Gasteiger partial charge < -0.3 is 9.84 Å². The van der Waals surface area contributed by atoms with Gasteiger partial charge in [-0.1, -0.05) is 24.6 Å². The molecular formula is C18H21NO3. The van der Waals surface area contributed by atoms with Crippen molar-refractivity contribution in [3.8, 4) is 5.75 Å². The molecule has 0 aliphatic carbocycles. The number of carboxylic acids is 1. The number of methoxy groups -OCH3 is 1. The maximum absolute atomic E-state index is 11.4. The van der Waals surface area contributed by atoms with Gasteiger partial charge in [0.15, 0.2) is 0 Å². The molecule has 1 atom stereocenters. The molecule has 4 heteroatoms. The quantitative estimate of drug-likeness (QED) is 0.941. The Balaban J connectivity index is 1.82. The smallest absolute Gasteiger partial charge is 0.320 e. The van der Waals surface area contributed by atoms with E-state index >= 15 is 0 Å². The predicted octanol–water partition coefficient (Wildman–Crippen LogP) is 3.29. The van der Waals surface area contributed by atoms with Crippen molar-refractivity contribution in [2.24, 2.45) is 0 Å². The van der Waals surface area contributed by atoms with Gasteiger partial charge in [0.2, 0.25) is 0 Å². The Morgan fingerprint density at radius 1 is 1.23 bits per heavy atom. The van der Waals surface area contributed by atoms with E-state index < -0.39 is 5.97 Å². The fraction of sp³-hybridized carbons (Fsp3) is 0.389. The molecule has 0 bridgehead atoms. The molecule has 1 aliphatic rings. The van der Waals surface area contributed by atoms with Crippen LogP contribution in [0.3, 0.4) is 0 Å². The fourth-order valence-electron chi connectivity index (χ4n) is 3.19. The van der Waals surface area contributed by atoms with Gasteiger partial charge in [-0.15, -0.1) is 0 Å². The Hall–Kier alpha value is -2.07. The second-order valence-corrected chi connectivity index (χ2v) is 5.87. The van der Waals surface area contributed by atoms with Crippen LogP contribution in [0.2, 0.25) is 0 Å². The zero-order chi connectivity index (χ0) is 15.5. The number of likely N-dealkylation sites (tertiary alicyclic amines) is 1. The molecule has 0 radical (unpaired) electrons. The van der Waals surface area contributed by atoms with Gasteiger partial charge in [0.05, 0.1) is 7.11 Å². The zero-order valence-corrected chi connectivity index (χ0v) is 12.8. The molecule has 4 nitrogen and oxygen atoms in total. The molecule has 116 valence electrons. The molecule has 3 rings (SSSR count). The van der Waals surface area contributed by atoms with Crippen LogP contribution in [-0.2, 0) is 11.3 Å². The topological polar surface area (TPSA) is 49.8 Å². The summed E-state index contributed by atoms with van der Waals surface area (Å²) in [5, 5.41) is 11.7. The third-order valence-corrected chi connectivity index (χ3v) is 4.40. The summed E-state index contributed by atoms with van der Waals surface area (Å²) in [6.07, 6.45) is 2.83. The molecule has 1 N–H and O–H groups in total. The monoisotopic (exact) mass is 299 g/mol. The molecule has 0 saturated carbocycles. The third kappa shape index (κ3) is 3.07. The van der Waals surface area contributed by atoms with Gasteiger partial charge in [-0.05, 0) is 53.9 Å². The lowest BCUT2D eigenvalue weighted by Gasteiger charge is -2.32. The van der Waals surface area contributed by atoms with Crippen LogP contribution >= 0.6 is 0 Å². The van der Waals surface area contributed by atoms with Gasteiger partial charge in [-0.25, -0.2) is 0 Å². The number of aliphatic carboxylic acids is 1. The van der Waals surface area contributed by atoms with Gasteiger partial charge in [0.25, 0.3) is 0 Å². The number of hydrogen-bond donors (Lipinski definition) is 1. The standard InChI is InChI=1S/C18H21NO3/c1-22-16-8-7-14-10-13(5-6-15(14)11-16)12-19-9-3-2-4-17(19)18(20)21/h5-8,10-11,17H,2-4,9,12H2,1H3,(H,20,21). The molecule has 1 saturated heterocycles. The van der Waals surface area contributed by atoms with Crippen molar-refractivity contribution in [1.29, 1.82) is 0 Å². The van der Waals surface area contributed by atoms with Crippen LogP contribution in [0.25, 0.3) is 10.8 Å². The Morgan fingerprint density at radius 2 is 2.00 bits per heavy atom. The van der Waals surface area contributed by atoms with Crippen LogP contribution < -0.4 is 4.74 Å². The number of ether oxygens (including phenoxy) is 1. The number of carboxylic acid groups (broad SMARTS) is 1. The highest BCUT2D eigenvalue weighted by Crippen LogP contribution is 2.24. The third-order valence-electron chi connectivity index (χ3n) is 4.40. The van der Waals surface area contributed by atoms with Crippen molar-refractivity contribution in [2.75, 3.05) is 13.7 Å². The highest BCUT2D eigenvalue weighted by Gasteiger charge is 2.28. The maximum atomic E-state index is 11.4. The van der Waals surface area contributed by atoms with Crippen molar-refractivity contribution < 1.29 is 14.6 Å². The Bertz CT molecular complexity index is 683. The lowest BCUT2D eigenvalue weighted by Crippen LogP contribution is -2.43. The minimum absolute atomic E-state index is 0.347. The zero-order valence-electron chi connectivity index (χ0n) is 12.8. The fourth-order valence-corrected chi connectivity index (χ4v) is 3.19. The molecule has 1 heterocycles. The van der Waals surface area contributed by atoms with Gasteiger partial charge in [-0.2, -0.15) is 0 Å². The van der Waals surface area contributed by atoms with E-state index in [0.29, 0.717) is 6.54 Å². The Morgan fingerprint density at radius 3 is 2.77 bits per heavy atom. The van der Waals surface area contributed by atoms with E-state index in [-0.39, 0.29) is 6.04 Å². The van der Waals surface area contributed by atoms with Crippen molar-refractivity contribution in [3.63, 3.8) is 0 Å². The molecule has 22 heavy (non-hydrogen) atoms. The average Bonchev–Trinajstić information content (AvgIpc) is 2.54. The number of fused-ring (bicyclic) bond motifs is 1. The van der Waals surface area contributed by atoms with Crippen LogP contribution in [0.1, 0.15) is 24.8 Å². The van der Waals surface area contributed by atoms with Gasteiger partial charge in [-0.3, -0.25) is 9.69 Å². The first-order valence-electron chi connectivity index (χ1n) is 7.71. The average molecular weight is 299 g/mol. The summed E-state index contributed by atoms with van der Waals surface area (Å²) in [5.41, 5.74) is 1.16. The van der Waals surface area contributed by atoms with E-state index in [1.807, 2.05) is 18.2 Å². The molecule has 1 unspecified atom stereocenters. The first-order chi connectivity index (χ1) is 10.7. The predicted molar refractivity (Wildman–Crippen MR) is 86.2 cm³/mol. The molecule has 1 aliphatic heterocycles. The lowest BCUT2D eigenvalue weighted by molar-refractivity contribution is -0.144. The summed E-state index contributed by atoms with van der Waals surface area (Å²) in [6, 6.07) is 12.0. The van der Waals surface area contributed by atoms with Crippen molar-refractivity contribution in [1.82, 2.24) is 4.90 Å². The van der Waals surface area contributed by atoms with Gasteiger partial charge in [0.1, 0.15) is 11.8 Å². The summed E-state index contributed by atoms with van der Waals surface area (Å²) >= 11 is 0. The van der Waals surface area contributed by atoms with Crippen LogP contribution in [0, 0.1) is 0 Å². The van der Waals surface area contributed by atoms with E-state index in [0.717, 1.165) is 47.9 Å². The summed E-state index contributed by atoms with van der Waals surface area (Å²) in [7, 11) is 1.66. The minimum Gasteiger partial charge on any atom is -0.497 e. The van der Waals surface area contributed by atoms with E-state index in [9.17, 15) is 9.90 Å². The van der Waals surface area contributed by atoms with E-state index in [4.69, 9.17) is 4.74 Å². The Kier molecular flexibility index (Phi) is 4.29. The second kappa shape index (κ2) is 6.36. The van der Waals surface area contributed by atoms with E-state index in [2.05, 4.69) is 23.1 Å². The molecule has 2 aromatic rings. The summed E-state index contributed by atoms with van der Waals surface area (Å²) in [5.74, 6) is 0.146. The van der Waals surface area contributed by atoms with Crippen molar-refractivity contribution >= 4 is 16.7 Å². The van der Waals surface area contributed by atoms with Crippen LogP contribution in [0.5, 0.6) is 5.75 Å². The number of benzene rings is 2. The summed E-state index contributed by atoms with van der Waals surface area (Å²) in [4.78, 5) is 13.5. The number of hydrogen-bond acceptors (Lipinski definition) is 3. The SMILES string of the molecule is COc1ccc2cc(CN3CCCCC3C(=O)O)ccc2c1. The number of rotatable bonds is 4. The molecule has 0 spiro atoms. The molecule has 2 aromatic carbocycles. The van der Waals surface area contributed by atoms with E-state index in [1.54, 1.807) is 7.11 Å². The first-order valence-corrected chi connectivity index (χ1v) is 7.71. The number of piperidine rings is 1. The minimum atomic E-state index is -0.703. The molecule has 0 aromatic heterocycles. The Labute approximate surface area is 130 Å². The number of nitrogens with zero attached hydrogens (tertiary/aromatic N) is 1. The van der Waals surface area contributed by atoms with E-state index in [1.165, 1.54) is 0 Å². The van der Waals surface area contributed by atoms with Crippen LogP contribution in [0.4, 0.5) is 0 Å². The summed E-state index contributed by atoms with van der Waals surface area (Å²) in [6.45, 7) is 1.55. The van der Waals surface area contributed by atoms with Crippen LogP contribution in [-0.4, -0.2) is 35.7 Å². The van der Waals surface area contributed by atoms with Gasteiger partial charge in [0, 0.05) is 6.54 Å². The second-order valence-electron chi connectivity index (χ2n) is 5.87. The highest BCUT2D eigenvalue weighted by molar-refractivity contribution is 5.84.